The van der Waals surface area contributed by atoms with Gasteiger partial charge in [-0.2, -0.15) is 0 Å². The van der Waals surface area contributed by atoms with Crippen LogP contribution in [0.4, 0.5) is 11.4 Å². The number of aromatic nitrogens is 3. The molecule has 2 amide bonds. The van der Waals surface area contributed by atoms with Crippen molar-refractivity contribution < 1.29 is 9.59 Å². The number of rotatable bonds is 5. The Morgan fingerprint density at radius 2 is 2.03 bits per heavy atom. The maximum Gasteiger partial charge on any atom is 0.257 e. The van der Waals surface area contributed by atoms with Gasteiger partial charge in [0.1, 0.15) is 5.65 Å². The number of anilines is 2. The molecule has 34 heavy (non-hydrogen) atoms. The van der Waals surface area contributed by atoms with Crippen molar-refractivity contribution in [3.63, 3.8) is 0 Å². The molecule has 2 fully saturated rings. The summed E-state index contributed by atoms with van der Waals surface area (Å²) >= 11 is 9.64. The summed E-state index contributed by atoms with van der Waals surface area (Å²) in [6, 6.07) is 1.88. The summed E-state index contributed by atoms with van der Waals surface area (Å²) in [5, 5.41) is 7.57. The minimum absolute atomic E-state index is 0.211. The van der Waals surface area contributed by atoms with Crippen LogP contribution in [0.3, 0.4) is 0 Å². The largest absolute Gasteiger partial charge is 0.366 e. The highest BCUT2D eigenvalue weighted by Crippen LogP contribution is 2.38. The number of fused-ring (bicyclic) bond motifs is 1. The summed E-state index contributed by atoms with van der Waals surface area (Å²) in [5.41, 5.74) is 2.60. The van der Waals surface area contributed by atoms with Crippen molar-refractivity contribution in [3.05, 3.63) is 45.9 Å². The number of hydrogen-bond acceptors (Lipinski definition) is 6. The third-order valence-corrected chi connectivity index (χ3v) is 7.16. The smallest absolute Gasteiger partial charge is 0.257 e. The molecule has 0 aromatic carbocycles. The van der Waals surface area contributed by atoms with Gasteiger partial charge in [-0.25, -0.2) is 4.98 Å². The number of H-pyrrole nitrogens is 1. The molecule has 0 unspecified atom stereocenters. The highest BCUT2D eigenvalue weighted by atomic mass is 79.9. The number of pyridine rings is 2. The van der Waals surface area contributed by atoms with Gasteiger partial charge < -0.3 is 25.4 Å². The zero-order valence-corrected chi connectivity index (χ0v) is 20.8. The van der Waals surface area contributed by atoms with E-state index in [-0.39, 0.29) is 11.8 Å². The molecule has 0 bridgehead atoms. The van der Waals surface area contributed by atoms with Crippen LogP contribution in [0.25, 0.3) is 11.0 Å². The molecule has 2 aliphatic heterocycles. The number of nitrogens with zero attached hydrogens (tertiary/aromatic N) is 4. The van der Waals surface area contributed by atoms with Crippen LogP contribution in [-0.2, 0) is 4.79 Å². The average Bonchev–Trinajstić information content (AvgIpc) is 3.49. The van der Waals surface area contributed by atoms with Crippen LogP contribution in [0.15, 0.2) is 35.3 Å². The molecular weight excluding hydrogens is 522 g/mol. The van der Waals surface area contributed by atoms with Gasteiger partial charge in [0.2, 0.25) is 5.91 Å². The van der Waals surface area contributed by atoms with Crippen molar-refractivity contribution in [2.75, 3.05) is 42.9 Å². The van der Waals surface area contributed by atoms with Crippen molar-refractivity contribution >= 4 is 61.8 Å². The molecule has 0 aliphatic carbocycles. The molecule has 178 valence electrons. The maximum absolute atomic E-state index is 12.8. The van der Waals surface area contributed by atoms with Gasteiger partial charge in [-0.05, 0) is 41.4 Å². The molecule has 9 nitrogen and oxygen atoms in total. The quantitative estimate of drug-likeness (QED) is 0.453. The lowest BCUT2D eigenvalue weighted by molar-refractivity contribution is -0.131. The van der Waals surface area contributed by atoms with E-state index in [9.17, 15) is 9.59 Å². The van der Waals surface area contributed by atoms with E-state index in [1.54, 1.807) is 18.5 Å². The predicted molar refractivity (Wildman–Crippen MR) is 135 cm³/mol. The lowest BCUT2D eigenvalue weighted by Gasteiger charge is -2.37. The Kier molecular flexibility index (Phi) is 6.71. The Morgan fingerprint density at radius 1 is 1.21 bits per heavy atom. The second kappa shape index (κ2) is 9.89. The Balaban J connectivity index is 1.34. The molecule has 5 rings (SSSR count). The molecule has 3 N–H and O–H groups in total. The Bertz CT molecular complexity index is 1220. The summed E-state index contributed by atoms with van der Waals surface area (Å²) < 4.78 is 0.828. The molecule has 0 spiro atoms. The molecule has 3 aromatic heterocycles. The van der Waals surface area contributed by atoms with E-state index in [0.717, 1.165) is 34.9 Å². The van der Waals surface area contributed by atoms with E-state index in [1.165, 1.54) is 12.4 Å². The predicted octanol–water partition coefficient (Wildman–Crippen LogP) is 3.42. The highest BCUT2D eigenvalue weighted by molar-refractivity contribution is 9.10. The first-order chi connectivity index (χ1) is 16.5. The topological polar surface area (TPSA) is 106 Å². The molecular formula is C23H25BrClN7O2. The average molecular weight is 547 g/mol. The molecule has 3 aromatic rings. The summed E-state index contributed by atoms with van der Waals surface area (Å²) in [6.45, 7) is 3.70. The van der Waals surface area contributed by atoms with E-state index in [4.69, 9.17) is 11.6 Å². The van der Waals surface area contributed by atoms with Crippen LogP contribution >= 0.6 is 27.5 Å². The van der Waals surface area contributed by atoms with Gasteiger partial charge in [-0.3, -0.25) is 14.6 Å². The van der Waals surface area contributed by atoms with Crippen molar-refractivity contribution in [2.24, 2.45) is 0 Å². The molecule has 2 saturated heterocycles. The summed E-state index contributed by atoms with van der Waals surface area (Å²) in [6.07, 6.45) is 9.22. The molecule has 2 aliphatic rings. The van der Waals surface area contributed by atoms with Crippen LogP contribution in [0.5, 0.6) is 0 Å². The zero-order valence-electron chi connectivity index (χ0n) is 18.5. The second-order valence-corrected chi connectivity index (χ2v) is 9.88. The molecule has 0 radical (unpaired) electrons. The number of aromatic amines is 1. The number of halogens is 2. The number of nitrogens with one attached hydrogen (secondary N) is 3. The fourth-order valence-electron chi connectivity index (χ4n) is 4.64. The van der Waals surface area contributed by atoms with Crippen LogP contribution in [-0.4, -0.2) is 70.4 Å². The number of carbonyl (C=O) groups is 2. The van der Waals surface area contributed by atoms with Crippen molar-refractivity contribution in [1.29, 1.82) is 0 Å². The molecule has 5 heterocycles. The summed E-state index contributed by atoms with van der Waals surface area (Å²) in [5.74, 6) is -0.0968. The number of amides is 2. The van der Waals surface area contributed by atoms with E-state index in [1.807, 2.05) is 4.90 Å². The highest BCUT2D eigenvalue weighted by Gasteiger charge is 2.27. The third-order valence-electron chi connectivity index (χ3n) is 6.38. The van der Waals surface area contributed by atoms with Crippen molar-refractivity contribution in [3.8, 4) is 0 Å². The van der Waals surface area contributed by atoms with E-state index < -0.39 is 0 Å². The SMILES string of the molecule is O=C(Nc1c[nH]c2ncc(Br)c(N3CCN(C(=O)C[C@@H]4CCCN4)CC3)c12)c1cncc(Cl)c1. The molecule has 11 heteroatoms. The first-order valence-corrected chi connectivity index (χ1v) is 12.5. The minimum Gasteiger partial charge on any atom is -0.366 e. The van der Waals surface area contributed by atoms with E-state index in [0.29, 0.717) is 60.6 Å². The summed E-state index contributed by atoms with van der Waals surface area (Å²) in [4.78, 5) is 41.4. The third kappa shape index (κ3) is 4.75. The fourth-order valence-corrected chi connectivity index (χ4v) is 5.37. The first kappa shape index (κ1) is 23.1. The van der Waals surface area contributed by atoms with Crippen LogP contribution in [0.2, 0.25) is 5.02 Å². The maximum atomic E-state index is 12.8. The molecule has 0 saturated carbocycles. The second-order valence-electron chi connectivity index (χ2n) is 8.59. The Labute approximate surface area is 210 Å². The van der Waals surface area contributed by atoms with Crippen LogP contribution in [0.1, 0.15) is 29.6 Å². The first-order valence-electron chi connectivity index (χ1n) is 11.3. The number of carbonyl (C=O) groups excluding carboxylic acids is 2. The van der Waals surface area contributed by atoms with Gasteiger partial charge in [0.05, 0.1) is 31.8 Å². The van der Waals surface area contributed by atoms with Crippen LogP contribution in [0, 0.1) is 0 Å². The zero-order chi connectivity index (χ0) is 23.7. The van der Waals surface area contributed by atoms with Gasteiger partial charge in [0.25, 0.3) is 5.91 Å². The number of hydrogen-bond donors (Lipinski definition) is 3. The van der Waals surface area contributed by atoms with E-state index >= 15 is 0 Å². The normalized spacial score (nSPS) is 18.5. The van der Waals surface area contributed by atoms with Gasteiger partial charge in [-0.1, -0.05) is 11.6 Å². The fraction of sp³-hybridized carbons (Fsp3) is 0.391. The lowest BCUT2D eigenvalue weighted by Crippen LogP contribution is -2.49. The van der Waals surface area contributed by atoms with Gasteiger partial charge in [0.15, 0.2) is 0 Å². The van der Waals surface area contributed by atoms with Crippen LogP contribution < -0.4 is 15.5 Å². The van der Waals surface area contributed by atoms with Crippen molar-refractivity contribution in [2.45, 2.75) is 25.3 Å². The van der Waals surface area contributed by atoms with Gasteiger partial charge in [-0.15, -0.1) is 0 Å². The van der Waals surface area contributed by atoms with Gasteiger partial charge in [0, 0.05) is 63.4 Å². The van der Waals surface area contributed by atoms with E-state index in [2.05, 4.69) is 46.4 Å². The molecule has 1 atom stereocenters. The minimum atomic E-state index is -0.308. The Hall–Kier alpha value is -2.69. The van der Waals surface area contributed by atoms with Gasteiger partial charge >= 0.3 is 0 Å². The van der Waals surface area contributed by atoms with Crippen molar-refractivity contribution in [1.82, 2.24) is 25.2 Å². The Morgan fingerprint density at radius 3 is 2.76 bits per heavy atom. The lowest BCUT2D eigenvalue weighted by atomic mass is 10.1. The standard InChI is InChI=1S/C23H25BrClN7O2/c24-17-12-28-22-20(18(13-29-22)30-23(34)14-8-15(25)11-26-10-14)21(17)32-6-4-31(5-7-32)19(33)9-16-2-1-3-27-16/h8,10-13,16,27H,1-7,9H2,(H,28,29)(H,30,34)/t16-/m0/s1. The monoisotopic (exact) mass is 545 g/mol. The summed E-state index contributed by atoms with van der Waals surface area (Å²) in [7, 11) is 0. The number of piperazine rings is 1.